The van der Waals surface area contributed by atoms with Gasteiger partial charge in [-0.15, -0.1) is 11.3 Å². The molecule has 2 unspecified atom stereocenters. The molecule has 2 atom stereocenters. The summed E-state index contributed by atoms with van der Waals surface area (Å²) in [6.45, 7) is 4.07. The number of rotatable bonds is 2. The average Bonchev–Trinajstić information content (AvgIpc) is 2.65. The lowest BCUT2D eigenvalue weighted by Gasteiger charge is -2.28. The fourth-order valence-corrected chi connectivity index (χ4v) is 2.99. The number of nitrogens with one attached hydrogen (secondary N) is 1. The standard InChI is InChI=1S/C11H18N2S/c1-8-2-5-11(14-8)10-4-3-9(6-12)7-13-10/h2,5,9-10,13H,3-4,6-7,12H2,1H3. The third kappa shape index (κ3) is 2.16. The topological polar surface area (TPSA) is 38.0 Å². The molecule has 2 heterocycles. The molecular weight excluding hydrogens is 192 g/mol. The van der Waals surface area contributed by atoms with Gasteiger partial charge in [0, 0.05) is 15.8 Å². The van der Waals surface area contributed by atoms with Crippen molar-refractivity contribution < 1.29 is 0 Å². The number of aryl methyl sites for hydroxylation is 1. The molecular formula is C11H18N2S. The van der Waals surface area contributed by atoms with E-state index in [-0.39, 0.29) is 0 Å². The molecule has 0 bridgehead atoms. The monoisotopic (exact) mass is 210 g/mol. The summed E-state index contributed by atoms with van der Waals surface area (Å²) in [5.74, 6) is 0.687. The van der Waals surface area contributed by atoms with Crippen LogP contribution in [0.2, 0.25) is 0 Å². The predicted octanol–water partition coefficient (Wildman–Crippen LogP) is 2.06. The van der Waals surface area contributed by atoms with Gasteiger partial charge in [0.15, 0.2) is 0 Å². The number of piperidine rings is 1. The van der Waals surface area contributed by atoms with Crippen molar-refractivity contribution in [3.63, 3.8) is 0 Å². The third-order valence-corrected chi connectivity index (χ3v) is 4.07. The van der Waals surface area contributed by atoms with Crippen molar-refractivity contribution in [1.29, 1.82) is 0 Å². The fraction of sp³-hybridized carbons (Fsp3) is 0.636. The van der Waals surface area contributed by atoms with Gasteiger partial charge in [-0.3, -0.25) is 0 Å². The minimum Gasteiger partial charge on any atom is -0.330 e. The molecule has 1 aromatic heterocycles. The van der Waals surface area contributed by atoms with Crippen LogP contribution in [0.4, 0.5) is 0 Å². The van der Waals surface area contributed by atoms with E-state index < -0.39 is 0 Å². The molecule has 14 heavy (non-hydrogen) atoms. The van der Waals surface area contributed by atoms with Gasteiger partial charge in [-0.2, -0.15) is 0 Å². The zero-order valence-electron chi connectivity index (χ0n) is 8.62. The summed E-state index contributed by atoms with van der Waals surface area (Å²) in [6.07, 6.45) is 2.51. The van der Waals surface area contributed by atoms with E-state index in [0.717, 1.165) is 13.1 Å². The Morgan fingerprint density at radius 2 is 2.36 bits per heavy atom. The Hall–Kier alpha value is -0.380. The largest absolute Gasteiger partial charge is 0.330 e. The maximum atomic E-state index is 5.65. The Morgan fingerprint density at radius 1 is 1.50 bits per heavy atom. The van der Waals surface area contributed by atoms with Crippen LogP contribution in [0.5, 0.6) is 0 Å². The molecule has 2 rings (SSSR count). The van der Waals surface area contributed by atoms with Crippen LogP contribution in [0.3, 0.4) is 0 Å². The van der Waals surface area contributed by atoms with Crippen molar-refractivity contribution in [3.05, 3.63) is 21.9 Å². The summed E-state index contributed by atoms with van der Waals surface area (Å²) in [5, 5.41) is 3.58. The zero-order chi connectivity index (χ0) is 9.97. The van der Waals surface area contributed by atoms with E-state index in [9.17, 15) is 0 Å². The highest BCUT2D eigenvalue weighted by molar-refractivity contribution is 7.12. The quantitative estimate of drug-likeness (QED) is 0.784. The third-order valence-electron chi connectivity index (χ3n) is 2.95. The highest BCUT2D eigenvalue weighted by Gasteiger charge is 2.21. The maximum Gasteiger partial charge on any atom is 0.0415 e. The Morgan fingerprint density at radius 3 is 2.86 bits per heavy atom. The van der Waals surface area contributed by atoms with Crippen molar-refractivity contribution in [2.45, 2.75) is 25.8 Å². The Bertz CT molecular complexity index is 287. The van der Waals surface area contributed by atoms with E-state index in [0.29, 0.717) is 12.0 Å². The molecule has 1 aromatic rings. The smallest absolute Gasteiger partial charge is 0.0415 e. The Labute approximate surface area is 89.5 Å². The Balaban J connectivity index is 1.95. The first-order valence-electron chi connectivity index (χ1n) is 5.29. The van der Waals surface area contributed by atoms with Crippen LogP contribution in [0.25, 0.3) is 0 Å². The number of thiophene rings is 1. The molecule has 3 N–H and O–H groups in total. The van der Waals surface area contributed by atoms with Crippen LogP contribution < -0.4 is 11.1 Å². The lowest BCUT2D eigenvalue weighted by atomic mass is 9.94. The van der Waals surface area contributed by atoms with E-state index in [1.54, 1.807) is 0 Å². The van der Waals surface area contributed by atoms with Crippen LogP contribution in [0.15, 0.2) is 12.1 Å². The van der Waals surface area contributed by atoms with Crippen LogP contribution in [0.1, 0.15) is 28.6 Å². The van der Waals surface area contributed by atoms with Gasteiger partial charge in [-0.25, -0.2) is 0 Å². The fourth-order valence-electron chi connectivity index (χ4n) is 2.00. The van der Waals surface area contributed by atoms with Crippen molar-refractivity contribution in [2.75, 3.05) is 13.1 Å². The van der Waals surface area contributed by atoms with Gasteiger partial charge in [-0.1, -0.05) is 0 Å². The summed E-state index contributed by atoms with van der Waals surface area (Å²) in [5.41, 5.74) is 5.65. The summed E-state index contributed by atoms with van der Waals surface area (Å²) < 4.78 is 0. The van der Waals surface area contributed by atoms with E-state index in [1.807, 2.05) is 11.3 Å². The molecule has 78 valence electrons. The van der Waals surface area contributed by atoms with Gasteiger partial charge in [0.25, 0.3) is 0 Å². The van der Waals surface area contributed by atoms with E-state index in [1.165, 1.54) is 22.6 Å². The molecule has 2 nitrogen and oxygen atoms in total. The average molecular weight is 210 g/mol. The zero-order valence-corrected chi connectivity index (χ0v) is 9.44. The second-order valence-electron chi connectivity index (χ2n) is 4.09. The normalized spacial score (nSPS) is 27.9. The first-order valence-corrected chi connectivity index (χ1v) is 6.11. The molecule has 0 saturated carbocycles. The van der Waals surface area contributed by atoms with E-state index in [4.69, 9.17) is 5.73 Å². The van der Waals surface area contributed by atoms with E-state index in [2.05, 4.69) is 24.4 Å². The minimum absolute atomic E-state index is 0.580. The SMILES string of the molecule is Cc1ccc(C2CCC(CN)CN2)s1. The van der Waals surface area contributed by atoms with Gasteiger partial charge >= 0.3 is 0 Å². The lowest BCUT2D eigenvalue weighted by molar-refractivity contribution is 0.323. The van der Waals surface area contributed by atoms with Crippen molar-refractivity contribution >= 4 is 11.3 Å². The van der Waals surface area contributed by atoms with Crippen molar-refractivity contribution in [1.82, 2.24) is 5.32 Å². The van der Waals surface area contributed by atoms with Gasteiger partial charge in [0.05, 0.1) is 0 Å². The van der Waals surface area contributed by atoms with Crippen LogP contribution >= 0.6 is 11.3 Å². The van der Waals surface area contributed by atoms with Crippen molar-refractivity contribution in [3.8, 4) is 0 Å². The second kappa shape index (κ2) is 4.43. The number of hydrogen-bond acceptors (Lipinski definition) is 3. The molecule has 1 aliphatic heterocycles. The molecule has 0 amide bonds. The van der Waals surface area contributed by atoms with Crippen molar-refractivity contribution in [2.24, 2.45) is 11.7 Å². The molecule has 1 fully saturated rings. The molecule has 1 aliphatic rings. The highest BCUT2D eigenvalue weighted by atomic mass is 32.1. The van der Waals surface area contributed by atoms with Crippen LogP contribution in [0, 0.1) is 12.8 Å². The van der Waals surface area contributed by atoms with Gasteiger partial charge < -0.3 is 11.1 Å². The summed E-state index contributed by atoms with van der Waals surface area (Å²) in [7, 11) is 0. The van der Waals surface area contributed by atoms with Crippen LogP contribution in [-0.2, 0) is 0 Å². The molecule has 3 heteroatoms. The molecule has 0 aromatic carbocycles. The minimum atomic E-state index is 0.580. The first-order chi connectivity index (χ1) is 6.79. The predicted molar refractivity (Wildman–Crippen MR) is 61.6 cm³/mol. The summed E-state index contributed by atoms with van der Waals surface area (Å²) >= 11 is 1.91. The van der Waals surface area contributed by atoms with Gasteiger partial charge in [0.1, 0.15) is 0 Å². The number of nitrogens with two attached hydrogens (primary N) is 1. The van der Waals surface area contributed by atoms with Gasteiger partial charge in [-0.05, 0) is 50.9 Å². The number of hydrogen-bond donors (Lipinski definition) is 2. The lowest BCUT2D eigenvalue weighted by Crippen LogP contribution is -2.36. The first kappa shape index (κ1) is 10.1. The highest BCUT2D eigenvalue weighted by Crippen LogP contribution is 2.29. The maximum absolute atomic E-state index is 5.65. The molecule has 0 radical (unpaired) electrons. The molecule has 1 saturated heterocycles. The summed E-state index contributed by atoms with van der Waals surface area (Å²) in [6, 6.07) is 5.04. The van der Waals surface area contributed by atoms with Gasteiger partial charge in [0.2, 0.25) is 0 Å². The molecule has 0 spiro atoms. The Kier molecular flexibility index (Phi) is 3.21. The second-order valence-corrected chi connectivity index (χ2v) is 5.41. The van der Waals surface area contributed by atoms with Crippen LogP contribution in [-0.4, -0.2) is 13.1 Å². The van der Waals surface area contributed by atoms with E-state index >= 15 is 0 Å². The summed E-state index contributed by atoms with van der Waals surface area (Å²) in [4.78, 5) is 2.89. The molecule has 0 aliphatic carbocycles.